The summed E-state index contributed by atoms with van der Waals surface area (Å²) in [4.78, 5) is 33.2. The van der Waals surface area contributed by atoms with E-state index < -0.39 is 0 Å². The highest BCUT2D eigenvalue weighted by Gasteiger charge is 2.32. The number of pyridine rings is 1. The first-order valence-corrected chi connectivity index (χ1v) is 12.1. The van der Waals surface area contributed by atoms with Crippen molar-refractivity contribution in [2.24, 2.45) is 5.92 Å². The van der Waals surface area contributed by atoms with Crippen molar-refractivity contribution in [3.8, 4) is 0 Å². The van der Waals surface area contributed by atoms with Crippen LogP contribution in [0, 0.1) is 12.8 Å². The van der Waals surface area contributed by atoms with Gasteiger partial charge >= 0.3 is 0 Å². The number of hydrogen-bond acceptors (Lipinski definition) is 6. The van der Waals surface area contributed by atoms with E-state index in [0.717, 1.165) is 11.1 Å². The number of hydrogen-bond donors (Lipinski definition) is 1. The number of anilines is 1. The number of benzene rings is 1. The SMILES string of the molecule is Cc1ccc2nc(NCC(C)C)c(/C=C3/SC(=S)N(CCc4ccccc4)C3=O)c(=O)n2c1. The molecule has 0 aliphatic carbocycles. The summed E-state index contributed by atoms with van der Waals surface area (Å²) < 4.78 is 2.03. The zero-order valence-corrected chi connectivity index (χ0v) is 20.5. The quantitative estimate of drug-likeness (QED) is 0.398. The summed E-state index contributed by atoms with van der Waals surface area (Å²) in [6, 6.07) is 13.7. The fraction of sp³-hybridized carbons (Fsp3) is 0.280. The van der Waals surface area contributed by atoms with Gasteiger partial charge in [-0.3, -0.25) is 18.9 Å². The summed E-state index contributed by atoms with van der Waals surface area (Å²) >= 11 is 6.71. The predicted octanol–water partition coefficient (Wildman–Crippen LogP) is 4.51. The largest absolute Gasteiger partial charge is 0.369 e. The Hall–Kier alpha value is -2.97. The van der Waals surface area contributed by atoms with Crippen molar-refractivity contribution in [3.63, 3.8) is 0 Å². The first kappa shape index (κ1) is 23.2. The van der Waals surface area contributed by atoms with Crippen LogP contribution >= 0.6 is 24.0 Å². The predicted molar refractivity (Wildman–Crippen MR) is 140 cm³/mol. The molecule has 0 radical (unpaired) electrons. The molecule has 1 fully saturated rings. The maximum Gasteiger partial charge on any atom is 0.267 e. The van der Waals surface area contributed by atoms with E-state index in [1.165, 1.54) is 16.2 Å². The molecule has 33 heavy (non-hydrogen) atoms. The highest BCUT2D eigenvalue weighted by atomic mass is 32.2. The smallest absolute Gasteiger partial charge is 0.267 e. The van der Waals surface area contributed by atoms with Gasteiger partial charge in [0.05, 0.1) is 10.5 Å². The summed E-state index contributed by atoms with van der Waals surface area (Å²) in [5.41, 5.74) is 2.80. The number of nitrogens with one attached hydrogen (secondary N) is 1. The van der Waals surface area contributed by atoms with E-state index in [2.05, 4.69) is 24.1 Å². The van der Waals surface area contributed by atoms with Gasteiger partial charge in [0.2, 0.25) is 0 Å². The molecule has 1 aromatic carbocycles. The highest BCUT2D eigenvalue weighted by molar-refractivity contribution is 8.26. The van der Waals surface area contributed by atoms with E-state index in [0.29, 0.717) is 51.7 Å². The topological polar surface area (TPSA) is 66.7 Å². The molecule has 6 nitrogen and oxygen atoms in total. The van der Waals surface area contributed by atoms with E-state index >= 15 is 0 Å². The molecule has 0 unspecified atom stereocenters. The highest BCUT2D eigenvalue weighted by Crippen LogP contribution is 2.33. The Kier molecular flexibility index (Phi) is 6.95. The molecular weight excluding hydrogens is 452 g/mol. The van der Waals surface area contributed by atoms with Crippen LogP contribution in [0.3, 0.4) is 0 Å². The standard InChI is InChI=1S/C25H26N4O2S2/c1-16(2)14-26-22-19(23(30)29-15-17(3)9-10-21(29)27-22)13-20-24(31)28(25(32)33-20)12-11-18-7-5-4-6-8-18/h4-10,13,15-16,26H,11-12,14H2,1-3H3/b20-13+. The van der Waals surface area contributed by atoms with Gasteiger partial charge in [0, 0.05) is 19.3 Å². The van der Waals surface area contributed by atoms with E-state index in [1.807, 2.05) is 49.4 Å². The number of thiocarbonyl (C=S) groups is 1. The molecule has 8 heteroatoms. The minimum atomic E-state index is -0.218. The number of aromatic nitrogens is 2. The molecule has 170 valence electrons. The van der Waals surface area contributed by atoms with Gasteiger partial charge < -0.3 is 5.32 Å². The van der Waals surface area contributed by atoms with Crippen molar-refractivity contribution in [1.29, 1.82) is 0 Å². The van der Waals surface area contributed by atoms with Gasteiger partial charge in [-0.1, -0.05) is 74.2 Å². The van der Waals surface area contributed by atoms with Crippen molar-refractivity contribution in [1.82, 2.24) is 14.3 Å². The molecule has 0 spiro atoms. The average molecular weight is 479 g/mol. The Bertz CT molecular complexity index is 1300. The molecule has 2 aromatic heterocycles. The van der Waals surface area contributed by atoms with Crippen LogP contribution in [0.5, 0.6) is 0 Å². The molecule has 1 saturated heterocycles. The summed E-state index contributed by atoms with van der Waals surface area (Å²) in [6.45, 7) is 7.25. The molecule has 0 atom stereocenters. The number of aryl methyl sites for hydroxylation is 1. The Labute approximate surface area is 202 Å². The van der Waals surface area contributed by atoms with E-state index in [-0.39, 0.29) is 11.5 Å². The summed E-state index contributed by atoms with van der Waals surface area (Å²) in [7, 11) is 0. The van der Waals surface area contributed by atoms with Crippen molar-refractivity contribution >= 4 is 51.7 Å². The minimum absolute atomic E-state index is 0.176. The Morgan fingerprint density at radius 1 is 1.15 bits per heavy atom. The van der Waals surface area contributed by atoms with Crippen molar-refractivity contribution in [2.45, 2.75) is 27.2 Å². The average Bonchev–Trinajstić information content (AvgIpc) is 3.06. The molecular formula is C25H26N4O2S2. The lowest BCUT2D eigenvalue weighted by molar-refractivity contribution is -0.122. The van der Waals surface area contributed by atoms with Crippen molar-refractivity contribution in [2.75, 3.05) is 18.4 Å². The third kappa shape index (κ3) is 5.17. The summed E-state index contributed by atoms with van der Waals surface area (Å²) in [5, 5.41) is 3.28. The van der Waals surface area contributed by atoms with Gasteiger partial charge in [-0.25, -0.2) is 4.98 Å². The summed E-state index contributed by atoms with van der Waals surface area (Å²) in [5.74, 6) is 0.670. The second kappa shape index (κ2) is 9.89. The van der Waals surface area contributed by atoms with Gasteiger partial charge in [0.15, 0.2) is 0 Å². The lowest BCUT2D eigenvalue weighted by Crippen LogP contribution is -2.30. The molecule has 1 aliphatic rings. The monoisotopic (exact) mass is 478 g/mol. The van der Waals surface area contributed by atoms with E-state index in [9.17, 15) is 9.59 Å². The maximum absolute atomic E-state index is 13.4. The van der Waals surface area contributed by atoms with Crippen molar-refractivity contribution < 1.29 is 4.79 Å². The van der Waals surface area contributed by atoms with Gasteiger partial charge in [0.25, 0.3) is 11.5 Å². The number of carbonyl (C=O) groups is 1. The molecule has 3 aromatic rings. The van der Waals surface area contributed by atoms with Crippen LogP contribution in [0.15, 0.2) is 58.4 Å². The zero-order valence-electron chi connectivity index (χ0n) is 18.9. The van der Waals surface area contributed by atoms with Crippen LogP contribution in [0.2, 0.25) is 0 Å². The van der Waals surface area contributed by atoms with Crippen LogP contribution in [0.1, 0.15) is 30.5 Å². The molecule has 4 rings (SSSR count). The van der Waals surface area contributed by atoms with Crippen molar-refractivity contribution in [3.05, 3.63) is 80.6 Å². The van der Waals surface area contributed by atoms with E-state index in [4.69, 9.17) is 12.2 Å². The Balaban J connectivity index is 1.68. The van der Waals surface area contributed by atoms with Crippen LogP contribution in [-0.4, -0.2) is 37.6 Å². The van der Waals surface area contributed by atoms with Crippen LogP contribution in [0.25, 0.3) is 11.7 Å². The lowest BCUT2D eigenvalue weighted by atomic mass is 10.1. The zero-order chi connectivity index (χ0) is 23.5. The molecule has 1 aliphatic heterocycles. The number of thioether (sulfide) groups is 1. The van der Waals surface area contributed by atoms with E-state index in [1.54, 1.807) is 17.2 Å². The van der Waals surface area contributed by atoms with Crippen LogP contribution < -0.4 is 10.9 Å². The number of rotatable bonds is 7. The maximum atomic E-state index is 13.4. The normalized spacial score (nSPS) is 15.3. The number of nitrogens with zero attached hydrogens (tertiary/aromatic N) is 3. The van der Waals surface area contributed by atoms with Crippen LogP contribution in [-0.2, 0) is 11.2 Å². The molecule has 1 N–H and O–H groups in total. The number of amides is 1. The first-order chi connectivity index (χ1) is 15.8. The van der Waals surface area contributed by atoms with Gasteiger partial charge in [-0.15, -0.1) is 0 Å². The fourth-order valence-electron chi connectivity index (χ4n) is 3.53. The molecule has 1 amide bonds. The third-order valence-electron chi connectivity index (χ3n) is 5.30. The van der Waals surface area contributed by atoms with Gasteiger partial charge in [-0.05, 0) is 42.5 Å². The number of fused-ring (bicyclic) bond motifs is 1. The molecule has 3 heterocycles. The minimum Gasteiger partial charge on any atom is -0.369 e. The van der Waals surface area contributed by atoms with Gasteiger partial charge in [0.1, 0.15) is 15.8 Å². The van der Waals surface area contributed by atoms with Gasteiger partial charge in [-0.2, -0.15) is 0 Å². The second-order valence-electron chi connectivity index (χ2n) is 8.46. The summed E-state index contributed by atoms with van der Waals surface area (Å²) in [6.07, 6.45) is 4.11. The lowest BCUT2D eigenvalue weighted by Gasteiger charge is -2.14. The first-order valence-electron chi connectivity index (χ1n) is 10.9. The number of carbonyl (C=O) groups excluding carboxylic acids is 1. The fourth-order valence-corrected chi connectivity index (χ4v) is 4.82. The molecule has 0 saturated carbocycles. The molecule has 0 bridgehead atoms. The van der Waals surface area contributed by atoms with Crippen LogP contribution in [0.4, 0.5) is 5.82 Å². The third-order valence-corrected chi connectivity index (χ3v) is 6.68. The Morgan fingerprint density at radius 2 is 1.91 bits per heavy atom. The second-order valence-corrected chi connectivity index (χ2v) is 10.1. The Morgan fingerprint density at radius 3 is 2.64 bits per heavy atom.